The second kappa shape index (κ2) is 8.13. The molecule has 0 radical (unpaired) electrons. The van der Waals surface area contributed by atoms with E-state index < -0.39 is 22.3 Å². The largest absolute Gasteiger partial charge is 0.350 e. The minimum Gasteiger partial charge on any atom is -0.350 e. The van der Waals surface area contributed by atoms with E-state index in [1.165, 1.54) is 0 Å². The Bertz CT molecular complexity index is 516. The van der Waals surface area contributed by atoms with Gasteiger partial charge < -0.3 is 10.6 Å². The van der Waals surface area contributed by atoms with Crippen LogP contribution in [0.5, 0.6) is 0 Å². The Morgan fingerprint density at radius 3 is 2.65 bits per heavy atom. The Morgan fingerprint density at radius 2 is 2.15 bits per heavy atom. The highest BCUT2D eigenvalue weighted by Crippen LogP contribution is 2.29. The van der Waals surface area contributed by atoms with Crippen LogP contribution in [0.4, 0.5) is 10.1 Å². The molecule has 0 aromatic heterocycles. The summed E-state index contributed by atoms with van der Waals surface area (Å²) in [4.78, 5) is 21.8. The smallest absolute Gasteiger partial charge is 0.287 e. The summed E-state index contributed by atoms with van der Waals surface area (Å²) in [5.74, 6) is -1.40. The summed E-state index contributed by atoms with van der Waals surface area (Å²) in [5, 5.41) is 16.2. The number of halogens is 3. The molecule has 1 aromatic rings. The SMILES string of the molecule is CNC(C)CNC(=O)c1cc(F)cc([N+](=O)[O-])c1Br.Cl. The number of benzene rings is 1. The molecule has 1 amide bonds. The molecule has 112 valence electrons. The first-order chi connectivity index (χ1) is 8.86. The quantitative estimate of drug-likeness (QED) is 0.615. The van der Waals surface area contributed by atoms with E-state index >= 15 is 0 Å². The minimum absolute atomic E-state index is 0. The monoisotopic (exact) mass is 369 g/mol. The van der Waals surface area contributed by atoms with E-state index in [0.29, 0.717) is 6.54 Å². The lowest BCUT2D eigenvalue weighted by Gasteiger charge is -2.12. The van der Waals surface area contributed by atoms with Crippen LogP contribution in [0.2, 0.25) is 0 Å². The van der Waals surface area contributed by atoms with Crippen molar-refractivity contribution < 1.29 is 14.1 Å². The Labute approximate surface area is 129 Å². The standard InChI is InChI=1S/C11H13BrFN3O3.ClH/c1-6(14-2)5-15-11(17)8-3-7(13)4-9(10(8)12)16(18)19;/h3-4,6,14H,5H2,1-2H3,(H,15,17);1H. The maximum Gasteiger partial charge on any atom is 0.287 e. The van der Waals surface area contributed by atoms with Gasteiger partial charge in [-0.25, -0.2) is 4.39 Å². The molecule has 0 aliphatic heterocycles. The van der Waals surface area contributed by atoms with Crippen molar-refractivity contribution >= 4 is 39.9 Å². The van der Waals surface area contributed by atoms with Crippen LogP contribution in [0.1, 0.15) is 17.3 Å². The van der Waals surface area contributed by atoms with Crippen LogP contribution in [0, 0.1) is 15.9 Å². The Morgan fingerprint density at radius 1 is 1.55 bits per heavy atom. The molecular formula is C11H14BrClFN3O3. The molecule has 0 saturated carbocycles. The number of carbonyl (C=O) groups excluding carboxylic acids is 1. The highest BCUT2D eigenvalue weighted by molar-refractivity contribution is 9.10. The summed E-state index contributed by atoms with van der Waals surface area (Å²) in [6.45, 7) is 2.18. The third kappa shape index (κ3) is 4.69. The summed E-state index contributed by atoms with van der Waals surface area (Å²) < 4.78 is 13.2. The molecule has 0 heterocycles. The molecule has 20 heavy (non-hydrogen) atoms. The lowest BCUT2D eigenvalue weighted by molar-refractivity contribution is -0.385. The van der Waals surface area contributed by atoms with Gasteiger partial charge in [0.25, 0.3) is 11.6 Å². The van der Waals surface area contributed by atoms with E-state index in [9.17, 15) is 19.3 Å². The van der Waals surface area contributed by atoms with Gasteiger partial charge in [0.1, 0.15) is 10.3 Å². The molecule has 0 aliphatic carbocycles. The second-order valence-electron chi connectivity index (χ2n) is 3.94. The average molecular weight is 371 g/mol. The molecule has 2 N–H and O–H groups in total. The number of nitro groups is 1. The van der Waals surface area contributed by atoms with Crippen molar-refractivity contribution in [3.8, 4) is 0 Å². The van der Waals surface area contributed by atoms with Gasteiger partial charge in [0.2, 0.25) is 0 Å². The van der Waals surface area contributed by atoms with Gasteiger partial charge in [-0.1, -0.05) is 0 Å². The molecule has 0 bridgehead atoms. The number of hydrogen-bond acceptors (Lipinski definition) is 4. The van der Waals surface area contributed by atoms with Gasteiger partial charge in [-0.3, -0.25) is 14.9 Å². The minimum atomic E-state index is -0.832. The summed E-state index contributed by atoms with van der Waals surface area (Å²) in [7, 11) is 1.74. The topological polar surface area (TPSA) is 84.3 Å². The van der Waals surface area contributed by atoms with Crippen molar-refractivity contribution in [3.05, 3.63) is 38.1 Å². The molecular weight excluding hydrogens is 356 g/mol. The average Bonchev–Trinajstić information content (AvgIpc) is 2.37. The molecule has 0 saturated heterocycles. The van der Waals surface area contributed by atoms with Gasteiger partial charge in [-0.05, 0) is 36.0 Å². The van der Waals surface area contributed by atoms with Crippen molar-refractivity contribution in [2.24, 2.45) is 0 Å². The van der Waals surface area contributed by atoms with Gasteiger partial charge in [0, 0.05) is 12.6 Å². The Hall–Kier alpha value is -1.25. The summed E-state index contributed by atoms with van der Waals surface area (Å²) >= 11 is 2.96. The number of nitrogens with one attached hydrogen (secondary N) is 2. The van der Waals surface area contributed by atoms with Crippen molar-refractivity contribution in [3.63, 3.8) is 0 Å². The molecule has 1 atom stereocenters. The molecule has 1 rings (SSSR count). The zero-order valence-corrected chi connectivity index (χ0v) is 13.2. The third-order valence-corrected chi connectivity index (χ3v) is 3.35. The number of likely N-dealkylation sites (N-methyl/N-ethyl adjacent to an activating group) is 1. The first-order valence-electron chi connectivity index (χ1n) is 5.45. The summed E-state index contributed by atoms with van der Waals surface area (Å²) in [5.41, 5.74) is -0.582. The fourth-order valence-corrected chi connectivity index (χ4v) is 1.87. The van der Waals surface area contributed by atoms with E-state index in [2.05, 4.69) is 26.6 Å². The number of amides is 1. The third-order valence-electron chi connectivity index (χ3n) is 2.52. The van der Waals surface area contributed by atoms with Crippen LogP contribution in [0.15, 0.2) is 16.6 Å². The molecule has 0 aliphatic rings. The van der Waals surface area contributed by atoms with E-state index in [1.807, 2.05) is 6.92 Å². The molecule has 6 nitrogen and oxygen atoms in total. The first-order valence-corrected chi connectivity index (χ1v) is 6.25. The Kier molecular flexibility index (Phi) is 7.62. The van der Waals surface area contributed by atoms with Crippen LogP contribution in [-0.4, -0.2) is 30.5 Å². The van der Waals surface area contributed by atoms with Crippen LogP contribution in [0.3, 0.4) is 0 Å². The predicted octanol–water partition coefficient (Wildman–Crippen LogP) is 2.26. The van der Waals surface area contributed by atoms with Gasteiger partial charge in [0.05, 0.1) is 16.6 Å². The molecule has 0 fully saturated rings. The van der Waals surface area contributed by atoms with Crippen LogP contribution in [-0.2, 0) is 0 Å². The van der Waals surface area contributed by atoms with Gasteiger partial charge in [0.15, 0.2) is 0 Å². The first kappa shape index (κ1) is 18.8. The van der Waals surface area contributed by atoms with E-state index in [-0.39, 0.29) is 28.5 Å². The van der Waals surface area contributed by atoms with E-state index in [1.54, 1.807) is 7.05 Å². The van der Waals surface area contributed by atoms with Gasteiger partial charge >= 0.3 is 0 Å². The molecule has 9 heteroatoms. The predicted molar refractivity (Wildman–Crippen MR) is 78.9 cm³/mol. The zero-order chi connectivity index (χ0) is 14.6. The lowest BCUT2D eigenvalue weighted by atomic mass is 10.1. The number of nitro benzene ring substituents is 1. The van der Waals surface area contributed by atoms with Crippen molar-refractivity contribution in [2.75, 3.05) is 13.6 Å². The number of carbonyl (C=O) groups is 1. The highest BCUT2D eigenvalue weighted by Gasteiger charge is 2.22. The molecule has 0 spiro atoms. The summed E-state index contributed by atoms with van der Waals surface area (Å²) in [6, 6.07) is 1.75. The maximum atomic E-state index is 13.3. The number of rotatable bonds is 5. The van der Waals surface area contributed by atoms with Crippen LogP contribution >= 0.6 is 28.3 Å². The summed E-state index contributed by atoms with van der Waals surface area (Å²) in [6.07, 6.45) is 0. The van der Waals surface area contributed by atoms with Gasteiger partial charge in [-0.2, -0.15) is 0 Å². The molecule has 1 unspecified atom stereocenters. The van der Waals surface area contributed by atoms with Crippen molar-refractivity contribution in [1.82, 2.24) is 10.6 Å². The number of nitrogens with zero attached hydrogens (tertiary/aromatic N) is 1. The van der Waals surface area contributed by atoms with E-state index in [0.717, 1.165) is 12.1 Å². The van der Waals surface area contributed by atoms with Crippen LogP contribution in [0.25, 0.3) is 0 Å². The Balaban J connectivity index is 0.00000361. The van der Waals surface area contributed by atoms with Crippen molar-refractivity contribution in [2.45, 2.75) is 13.0 Å². The zero-order valence-electron chi connectivity index (χ0n) is 10.8. The normalized spacial score (nSPS) is 11.4. The fourth-order valence-electron chi connectivity index (χ4n) is 1.32. The molecule has 1 aromatic carbocycles. The fraction of sp³-hybridized carbons (Fsp3) is 0.364. The van der Waals surface area contributed by atoms with E-state index in [4.69, 9.17) is 0 Å². The maximum absolute atomic E-state index is 13.3. The lowest BCUT2D eigenvalue weighted by Crippen LogP contribution is -2.37. The van der Waals surface area contributed by atoms with Crippen molar-refractivity contribution in [1.29, 1.82) is 0 Å². The second-order valence-corrected chi connectivity index (χ2v) is 4.74. The van der Waals surface area contributed by atoms with Gasteiger partial charge in [-0.15, -0.1) is 12.4 Å². The van der Waals surface area contributed by atoms with Crippen LogP contribution < -0.4 is 10.6 Å². The highest BCUT2D eigenvalue weighted by atomic mass is 79.9. The number of hydrogen-bond donors (Lipinski definition) is 2.